The van der Waals surface area contributed by atoms with E-state index in [1.54, 1.807) is 22.8 Å². The normalized spacial score (nSPS) is 19.6. The van der Waals surface area contributed by atoms with E-state index in [1.165, 1.54) is 38.8 Å². The van der Waals surface area contributed by atoms with E-state index >= 15 is 0 Å². The second kappa shape index (κ2) is 10.8. The van der Waals surface area contributed by atoms with Gasteiger partial charge in [-0.25, -0.2) is 0 Å². The van der Waals surface area contributed by atoms with Crippen LogP contribution < -0.4 is 10.2 Å². The Morgan fingerprint density at radius 1 is 1.19 bits per heavy atom. The summed E-state index contributed by atoms with van der Waals surface area (Å²) >= 11 is 0. The number of aryl methyl sites for hydroxylation is 1. The second-order valence-corrected chi connectivity index (χ2v) is 7.07. The highest BCUT2D eigenvalue weighted by molar-refractivity contribution is 14.0. The highest BCUT2D eigenvalue weighted by atomic mass is 127. The Hall–Kier alpha value is -1.36. The zero-order chi connectivity index (χ0) is 18.4. The molecule has 2 fully saturated rings. The average molecular weight is 489 g/mol. The molecule has 0 aromatic carbocycles. The molecule has 152 valence electrons. The number of carbonyl (C=O) groups excluding carboxylic acids is 1. The summed E-state index contributed by atoms with van der Waals surface area (Å²) in [4.78, 5) is 23.3. The third kappa shape index (κ3) is 6.06. The standard InChI is InChI=1S/C18H31N7O.HI/c1-19-18(20-7-10-23-8-5-3-4-6-9-23)24-11-12-25(17(26)15-24)16-13-21-22(2)14-16;/h13-14H,3-12,15H2,1-2H3,(H,19,20);1H. The maximum Gasteiger partial charge on any atom is 0.246 e. The summed E-state index contributed by atoms with van der Waals surface area (Å²) in [5.41, 5.74) is 0.862. The molecule has 2 saturated heterocycles. The monoisotopic (exact) mass is 489 g/mol. The lowest BCUT2D eigenvalue weighted by molar-refractivity contribution is -0.120. The summed E-state index contributed by atoms with van der Waals surface area (Å²) in [5.74, 6) is 0.902. The van der Waals surface area contributed by atoms with E-state index in [9.17, 15) is 4.79 Å². The van der Waals surface area contributed by atoms with Gasteiger partial charge in [0.25, 0.3) is 0 Å². The molecular weight excluding hydrogens is 457 g/mol. The zero-order valence-corrected chi connectivity index (χ0v) is 18.8. The Balaban J connectivity index is 0.00000261. The van der Waals surface area contributed by atoms with Gasteiger partial charge in [-0.1, -0.05) is 12.8 Å². The van der Waals surface area contributed by atoms with Gasteiger partial charge in [-0.3, -0.25) is 14.5 Å². The number of carbonyl (C=O) groups is 1. The first-order valence-corrected chi connectivity index (χ1v) is 9.64. The van der Waals surface area contributed by atoms with Gasteiger partial charge in [-0.15, -0.1) is 24.0 Å². The molecule has 0 bridgehead atoms. The fraction of sp³-hybridized carbons (Fsp3) is 0.722. The third-order valence-electron chi connectivity index (χ3n) is 5.14. The van der Waals surface area contributed by atoms with E-state index in [-0.39, 0.29) is 29.9 Å². The van der Waals surface area contributed by atoms with Gasteiger partial charge in [0.15, 0.2) is 5.96 Å². The van der Waals surface area contributed by atoms with Crippen LogP contribution in [-0.2, 0) is 11.8 Å². The largest absolute Gasteiger partial charge is 0.355 e. The van der Waals surface area contributed by atoms with Crippen LogP contribution in [0.5, 0.6) is 0 Å². The quantitative estimate of drug-likeness (QED) is 0.391. The molecule has 1 aromatic rings. The summed E-state index contributed by atoms with van der Waals surface area (Å²) in [6.45, 7) is 6.05. The molecular formula is C18H32IN7O. The van der Waals surface area contributed by atoms with Crippen LogP contribution in [0.4, 0.5) is 5.69 Å². The Kier molecular flexibility index (Phi) is 8.81. The lowest BCUT2D eigenvalue weighted by Crippen LogP contribution is -2.56. The van der Waals surface area contributed by atoms with E-state index < -0.39 is 0 Å². The van der Waals surface area contributed by atoms with Crippen molar-refractivity contribution in [3.63, 3.8) is 0 Å². The van der Waals surface area contributed by atoms with Gasteiger partial charge in [0.2, 0.25) is 5.91 Å². The maximum atomic E-state index is 12.6. The molecule has 3 heterocycles. The number of anilines is 1. The minimum absolute atomic E-state index is 0. The molecule has 27 heavy (non-hydrogen) atoms. The lowest BCUT2D eigenvalue weighted by Gasteiger charge is -2.35. The van der Waals surface area contributed by atoms with Gasteiger partial charge in [0.1, 0.15) is 6.54 Å². The molecule has 8 nitrogen and oxygen atoms in total. The molecule has 0 aliphatic carbocycles. The van der Waals surface area contributed by atoms with Crippen molar-refractivity contribution < 1.29 is 4.79 Å². The van der Waals surface area contributed by atoms with Crippen LogP contribution >= 0.6 is 24.0 Å². The summed E-state index contributed by atoms with van der Waals surface area (Å²) in [5, 5.41) is 7.59. The van der Waals surface area contributed by atoms with E-state index in [0.717, 1.165) is 31.3 Å². The highest BCUT2D eigenvalue weighted by Crippen LogP contribution is 2.16. The van der Waals surface area contributed by atoms with Crippen LogP contribution in [0.25, 0.3) is 0 Å². The predicted molar refractivity (Wildman–Crippen MR) is 119 cm³/mol. The molecule has 2 aliphatic rings. The van der Waals surface area contributed by atoms with Crippen molar-refractivity contribution >= 4 is 41.5 Å². The van der Waals surface area contributed by atoms with Crippen LogP contribution in [0.15, 0.2) is 17.4 Å². The Labute approximate surface area is 179 Å². The molecule has 2 aliphatic heterocycles. The maximum absolute atomic E-state index is 12.6. The van der Waals surface area contributed by atoms with Crippen LogP contribution in [-0.4, -0.2) is 84.3 Å². The Morgan fingerprint density at radius 2 is 1.93 bits per heavy atom. The number of rotatable bonds is 4. The van der Waals surface area contributed by atoms with Gasteiger partial charge in [0, 0.05) is 46.5 Å². The zero-order valence-electron chi connectivity index (χ0n) is 16.4. The summed E-state index contributed by atoms with van der Waals surface area (Å²) in [7, 11) is 3.65. The van der Waals surface area contributed by atoms with E-state index in [0.29, 0.717) is 13.1 Å². The minimum Gasteiger partial charge on any atom is -0.355 e. The number of halogens is 1. The minimum atomic E-state index is 0. The first-order chi connectivity index (χ1) is 12.7. The van der Waals surface area contributed by atoms with Crippen molar-refractivity contribution in [1.82, 2.24) is 24.9 Å². The van der Waals surface area contributed by atoms with Gasteiger partial charge in [-0.05, 0) is 25.9 Å². The Morgan fingerprint density at radius 3 is 2.52 bits per heavy atom. The number of amides is 1. The number of aromatic nitrogens is 2. The molecule has 9 heteroatoms. The van der Waals surface area contributed by atoms with Gasteiger partial charge < -0.3 is 20.0 Å². The van der Waals surface area contributed by atoms with Crippen LogP contribution in [0.2, 0.25) is 0 Å². The fourth-order valence-corrected chi connectivity index (χ4v) is 3.69. The van der Waals surface area contributed by atoms with E-state index in [1.807, 2.05) is 18.1 Å². The lowest BCUT2D eigenvalue weighted by atomic mass is 10.2. The summed E-state index contributed by atoms with van der Waals surface area (Å²) in [6.07, 6.45) is 8.94. The van der Waals surface area contributed by atoms with Crippen molar-refractivity contribution in [2.75, 3.05) is 57.8 Å². The molecule has 0 spiro atoms. The number of aliphatic imine (C=N–C) groups is 1. The molecule has 1 amide bonds. The molecule has 1 aromatic heterocycles. The number of nitrogens with zero attached hydrogens (tertiary/aromatic N) is 6. The smallest absolute Gasteiger partial charge is 0.246 e. The molecule has 0 atom stereocenters. The van der Waals surface area contributed by atoms with E-state index in [2.05, 4.69) is 20.3 Å². The fourth-order valence-electron chi connectivity index (χ4n) is 3.69. The van der Waals surface area contributed by atoms with Gasteiger partial charge in [-0.2, -0.15) is 5.10 Å². The Bertz CT molecular complexity index is 625. The van der Waals surface area contributed by atoms with Crippen LogP contribution in [0.3, 0.4) is 0 Å². The first-order valence-electron chi connectivity index (χ1n) is 9.64. The van der Waals surface area contributed by atoms with Crippen molar-refractivity contribution in [3.8, 4) is 0 Å². The van der Waals surface area contributed by atoms with Crippen molar-refractivity contribution in [1.29, 1.82) is 0 Å². The SMILES string of the molecule is CN=C(NCCN1CCCCCC1)N1CCN(c2cnn(C)c2)C(=O)C1.I. The number of nitrogens with one attached hydrogen (secondary N) is 1. The number of hydrogen-bond acceptors (Lipinski definition) is 4. The van der Waals surface area contributed by atoms with E-state index in [4.69, 9.17) is 0 Å². The van der Waals surface area contributed by atoms with Crippen molar-refractivity contribution in [2.45, 2.75) is 25.7 Å². The third-order valence-corrected chi connectivity index (χ3v) is 5.14. The molecule has 0 saturated carbocycles. The average Bonchev–Trinajstić information content (AvgIpc) is 2.90. The number of hydrogen-bond donors (Lipinski definition) is 1. The summed E-state index contributed by atoms with van der Waals surface area (Å²) < 4.78 is 1.72. The van der Waals surface area contributed by atoms with Gasteiger partial charge in [0.05, 0.1) is 11.9 Å². The molecule has 3 rings (SSSR count). The number of piperazine rings is 1. The van der Waals surface area contributed by atoms with Gasteiger partial charge >= 0.3 is 0 Å². The number of guanidine groups is 1. The van der Waals surface area contributed by atoms with Crippen LogP contribution in [0, 0.1) is 0 Å². The van der Waals surface area contributed by atoms with Crippen LogP contribution in [0.1, 0.15) is 25.7 Å². The highest BCUT2D eigenvalue weighted by Gasteiger charge is 2.27. The van der Waals surface area contributed by atoms with Crippen molar-refractivity contribution in [2.24, 2.45) is 12.0 Å². The number of likely N-dealkylation sites (tertiary alicyclic amines) is 1. The molecule has 1 N–H and O–H groups in total. The predicted octanol–water partition coefficient (Wildman–Crippen LogP) is 1.14. The summed E-state index contributed by atoms with van der Waals surface area (Å²) in [6, 6.07) is 0. The second-order valence-electron chi connectivity index (χ2n) is 7.07. The topological polar surface area (TPSA) is 69.0 Å². The first kappa shape index (κ1) is 21.9. The van der Waals surface area contributed by atoms with Crippen molar-refractivity contribution in [3.05, 3.63) is 12.4 Å². The molecule has 0 unspecified atom stereocenters. The molecule has 0 radical (unpaired) electrons.